The van der Waals surface area contributed by atoms with E-state index >= 15 is 0 Å². The van der Waals surface area contributed by atoms with Crippen LogP contribution in [0.1, 0.15) is 15.9 Å². The van der Waals surface area contributed by atoms with Gasteiger partial charge in [-0.1, -0.05) is 12.1 Å². The summed E-state index contributed by atoms with van der Waals surface area (Å²) in [5.74, 6) is -0.143. The number of nitrogen functional groups attached to an aromatic ring is 1. The van der Waals surface area contributed by atoms with Gasteiger partial charge >= 0.3 is 0 Å². The largest absolute Gasteiger partial charge is 0.399 e. The number of carbonyl (C=O) groups excluding carboxylic acids is 1. The molecule has 0 aliphatic rings. The third-order valence-electron chi connectivity index (χ3n) is 4.33. The Morgan fingerprint density at radius 3 is 2.72 bits per heavy atom. The molecule has 0 atom stereocenters. The van der Waals surface area contributed by atoms with Crippen molar-refractivity contribution in [1.29, 1.82) is 0 Å². The van der Waals surface area contributed by atoms with Crippen LogP contribution in [0.2, 0.25) is 0 Å². The van der Waals surface area contributed by atoms with Crippen molar-refractivity contribution < 1.29 is 4.79 Å². The molecule has 0 aliphatic heterocycles. The molecule has 5 heteroatoms. The molecule has 5 nitrogen and oxygen atoms in total. The van der Waals surface area contributed by atoms with Gasteiger partial charge in [-0.05, 0) is 62.3 Å². The first kappa shape index (κ1) is 17.0. The normalized spacial score (nSPS) is 11.2. The van der Waals surface area contributed by atoms with Gasteiger partial charge in [-0.15, -0.1) is 0 Å². The van der Waals surface area contributed by atoms with Crippen LogP contribution in [0, 0.1) is 6.92 Å². The van der Waals surface area contributed by atoms with Crippen molar-refractivity contribution in [1.82, 2.24) is 9.47 Å². The predicted molar refractivity (Wildman–Crippen MR) is 104 cm³/mol. The van der Waals surface area contributed by atoms with Crippen LogP contribution in [0.4, 0.5) is 11.4 Å². The van der Waals surface area contributed by atoms with Crippen LogP contribution in [0.5, 0.6) is 0 Å². The Labute approximate surface area is 148 Å². The number of nitrogens with one attached hydrogen (secondary N) is 1. The fraction of sp³-hybridized carbons (Fsp3) is 0.250. The molecule has 3 aromatic rings. The van der Waals surface area contributed by atoms with Crippen molar-refractivity contribution in [2.75, 3.05) is 31.7 Å². The Balaban J connectivity index is 1.85. The molecule has 1 amide bonds. The van der Waals surface area contributed by atoms with Gasteiger partial charge in [0.15, 0.2) is 0 Å². The minimum absolute atomic E-state index is 0.143. The quantitative estimate of drug-likeness (QED) is 0.702. The summed E-state index contributed by atoms with van der Waals surface area (Å²) in [4.78, 5) is 14.7. The van der Waals surface area contributed by atoms with Crippen molar-refractivity contribution in [2.45, 2.75) is 13.5 Å². The highest BCUT2D eigenvalue weighted by molar-refractivity contribution is 6.06. The Morgan fingerprint density at radius 1 is 1.16 bits per heavy atom. The van der Waals surface area contributed by atoms with Gasteiger partial charge in [0.1, 0.15) is 0 Å². The number of amides is 1. The number of carbonyl (C=O) groups is 1. The first-order chi connectivity index (χ1) is 11.9. The molecular weight excluding hydrogens is 312 g/mol. The van der Waals surface area contributed by atoms with E-state index in [2.05, 4.69) is 41.1 Å². The molecule has 1 heterocycles. The van der Waals surface area contributed by atoms with Crippen LogP contribution in [-0.4, -0.2) is 36.0 Å². The lowest BCUT2D eigenvalue weighted by molar-refractivity contribution is 0.102. The molecule has 1 aromatic heterocycles. The van der Waals surface area contributed by atoms with E-state index in [1.165, 1.54) is 0 Å². The number of aryl methyl sites for hydroxylation is 1. The third-order valence-corrected chi connectivity index (χ3v) is 4.33. The molecule has 0 fully saturated rings. The van der Waals surface area contributed by atoms with E-state index in [1.54, 1.807) is 12.1 Å². The number of aromatic nitrogens is 1. The van der Waals surface area contributed by atoms with E-state index in [9.17, 15) is 4.79 Å². The predicted octanol–water partition coefficient (Wildman–Crippen LogP) is 3.35. The minimum Gasteiger partial charge on any atom is -0.399 e. The van der Waals surface area contributed by atoms with Crippen molar-refractivity contribution in [3.8, 4) is 0 Å². The van der Waals surface area contributed by atoms with E-state index in [0.29, 0.717) is 11.3 Å². The van der Waals surface area contributed by atoms with Crippen molar-refractivity contribution >= 4 is 28.2 Å². The Morgan fingerprint density at radius 2 is 1.96 bits per heavy atom. The summed E-state index contributed by atoms with van der Waals surface area (Å²) in [6, 6.07) is 13.4. The fourth-order valence-corrected chi connectivity index (χ4v) is 2.85. The van der Waals surface area contributed by atoms with Gasteiger partial charge in [-0.25, -0.2) is 0 Å². The molecule has 25 heavy (non-hydrogen) atoms. The second-order valence-electron chi connectivity index (χ2n) is 6.61. The molecule has 0 spiro atoms. The SMILES string of the molecule is Cc1ccc(N)cc1C(=O)Nc1ccc2ccn(CCN(C)C)c2c1. The first-order valence-electron chi connectivity index (χ1n) is 8.35. The van der Waals surface area contributed by atoms with Crippen LogP contribution in [0.25, 0.3) is 10.9 Å². The highest BCUT2D eigenvalue weighted by atomic mass is 16.1. The number of anilines is 2. The van der Waals surface area contributed by atoms with E-state index in [0.717, 1.165) is 35.2 Å². The number of nitrogens with two attached hydrogens (primary N) is 1. The summed E-state index contributed by atoms with van der Waals surface area (Å²) >= 11 is 0. The molecule has 0 bridgehead atoms. The number of likely N-dealkylation sites (N-methyl/N-ethyl adjacent to an activating group) is 1. The van der Waals surface area contributed by atoms with E-state index in [1.807, 2.05) is 31.2 Å². The van der Waals surface area contributed by atoms with Gasteiger partial charge in [0.05, 0.1) is 5.52 Å². The summed E-state index contributed by atoms with van der Waals surface area (Å²) in [5, 5.41) is 4.15. The van der Waals surface area contributed by atoms with E-state index < -0.39 is 0 Å². The van der Waals surface area contributed by atoms with Crippen LogP contribution in [-0.2, 0) is 6.54 Å². The van der Waals surface area contributed by atoms with Crippen LogP contribution in [0.15, 0.2) is 48.7 Å². The Hall–Kier alpha value is -2.79. The number of hydrogen-bond acceptors (Lipinski definition) is 3. The van der Waals surface area contributed by atoms with E-state index in [-0.39, 0.29) is 5.91 Å². The standard InChI is InChI=1S/C20H24N4O/c1-14-4-6-16(21)12-18(14)20(25)22-17-7-5-15-8-9-24(19(15)13-17)11-10-23(2)3/h4-9,12-13H,10-11,21H2,1-3H3,(H,22,25). The highest BCUT2D eigenvalue weighted by Crippen LogP contribution is 2.22. The molecule has 0 saturated carbocycles. The zero-order valence-electron chi connectivity index (χ0n) is 14.9. The van der Waals surface area contributed by atoms with Gasteiger partial charge in [0, 0.05) is 36.2 Å². The second-order valence-corrected chi connectivity index (χ2v) is 6.61. The molecule has 3 rings (SSSR count). The monoisotopic (exact) mass is 336 g/mol. The molecule has 0 radical (unpaired) electrons. The summed E-state index contributed by atoms with van der Waals surface area (Å²) in [5.41, 5.74) is 9.80. The maximum atomic E-state index is 12.6. The number of hydrogen-bond donors (Lipinski definition) is 2. The summed E-state index contributed by atoms with van der Waals surface area (Å²) in [7, 11) is 4.12. The molecular formula is C20H24N4O. The third kappa shape index (κ3) is 3.83. The molecule has 0 unspecified atom stereocenters. The summed E-state index contributed by atoms with van der Waals surface area (Å²) in [6.45, 7) is 3.77. The van der Waals surface area contributed by atoms with Gasteiger partial charge in [-0.3, -0.25) is 4.79 Å². The van der Waals surface area contributed by atoms with Gasteiger partial charge < -0.3 is 20.5 Å². The lowest BCUT2D eigenvalue weighted by atomic mass is 10.1. The van der Waals surface area contributed by atoms with Crippen LogP contribution < -0.4 is 11.1 Å². The molecule has 3 N–H and O–H groups in total. The number of nitrogens with zero attached hydrogens (tertiary/aromatic N) is 2. The number of rotatable bonds is 5. The zero-order valence-corrected chi connectivity index (χ0v) is 14.9. The number of benzene rings is 2. The van der Waals surface area contributed by atoms with Crippen LogP contribution in [0.3, 0.4) is 0 Å². The Kier molecular flexibility index (Phi) is 4.76. The minimum atomic E-state index is -0.143. The molecule has 0 saturated heterocycles. The zero-order chi connectivity index (χ0) is 18.0. The summed E-state index contributed by atoms with van der Waals surface area (Å²) in [6.07, 6.45) is 2.09. The molecule has 2 aromatic carbocycles. The Bertz CT molecular complexity index is 911. The van der Waals surface area contributed by atoms with Crippen LogP contribution >= 0.6 is 0 Å². The lowest BCUT2D eigenvalue weighted by Gasteiger charge is -2.12. The molecule has 130 valence electrons. The van der Waals surface area contributed by atoms with E-state index in [4.69, 9.17) is 5.73 Å². The second kappa shape index (κ2) is 6.99. The molecule has 0 aliphatic carbocycles. The number of fused-ring (bicyclic) bond motifs is 1. The topological polar surface area (TPSA) is 63.3 Å². The smallest absolute Gasteiger partial charge is 0.256 e. The summed E-state index contributed by atoms with van der Waals surface area (Å²) < 4.78 is 2.21. The first-order valence-corrected chi connectivity index (χ1v) is 8.35. The van der Waals surface area contributed by atoms with Crippen molar-refractivity contribution in [3.05, 3.63) is 59.8 Å². The lowest BCUT2D eigenvalue weighted by Crippen LogP contribution is -2.18. The van der Waals surface area contributed by atoms with Gasteiger partial charge in [-0.2, -0.15) is 0 Å². The average molecular weight is 336 g/mol. The van der Waals surface area contributed by atoms with Crippen molar-refractivity contribution in [3.63, 3.8) is 0 Å². The maximum absolute atomic E-state index is 12.6. The van der Waals surface area contributed by atoms with Gasteiger partial charge in [0.25, 0.3) is 5.91 Å². The highest BCUT2D eigenvalue weighted by Gasteiger charge is 2.11. The van der Waals surface area contributed by atoms with Gasteiger partial charge in [0.2, 0.25) is 0 Å². The fourth-order valence-electron chi connectivity index (χ4n) is 2.85. The average Bonchev–Trinajstić information content (AvgIpc) is 2.97. The maximum Gasteiger partial charge on any atom is 0.256 e. The van der Waals surface area contributed by atoms with Crippen molar-refractivity contribution in [2.24, 2.45) is 0 Å².